The summed E-state index contributed by atoms with van der Waals surface area (Å²) >= 11 is 0. The van der Waals surface area contributed by atoms with Crippen LogP contribution in [0.25, 0.3) is 0 Å². The number of aryl methyl sites for hydroxylation is 1. The van der Waals surface area contributed by atoms with Crippen molar-refractivity contribution in [2.45, 2.75) is 36.0 Å². The zero-order chi connectivity index (χ0) is 24.9. The van der Waals surface area contributed by atoms with Crippen LogP contribution in [0.5, 0.6) is 11.5 Å². The number of carbonyl (C=O) groups is 1. The standard InChI is InChI=1S/C22H27NO9S2/c1-16-12-18(31-11-5-10-24)14-19(13-16)32-34(29,30)21-8-3-2-7-20(21)33(27,28)23-9-4-6-17(15-23)22(25)26/h2-3,7-8,12-14,17,24H,4-6,9-11,15H2,1H3,(H,25,26). The molecule has 3 rings (SSSR count). The molecule has 1 unspecified atom stereocenters. The highest BCUT2D eigenvalue weighted by Crippen LogP contribution is 2.31. The zero-order valence-electron chi connectivity index (χ0n) is 18.6. The van der Waals surface area contributed by atoms with E-state index in [1.165, 1.54) is 24.3 Å². The maximum atomic E-state index is 13.3. The first-order valence-electron chi connectivity index (χ1n) is 10.7. The molecular weight excluding hydrogens is 486 g/mol. The van der Waals surface area contributed by atoms with E-state index in [4.69, 9.17) is 14.0 Å². The normalized spacial score (nSPS) is 17.3. The maximum Gasteiger partial charge on any atom is 0.340 e. The Balaban J connectivity index is 1.92. The summed E-state index contributed by atoms with van der Waals surface area (Å²) in [5.41, 5.74) is 0.653. The Morgan fingerprint density at radius 1 is 1.09 bits per heavy atom. The predicted octanol–water partition coefficient (Wildman–Crippen LogP) is 2.01. The number of hydrogen-bond donors (Lipinski definition) is 2. The molecule has 12 heteroatoms. The van der Waals surface area contributed by atoms with Gasteiger partial charge >= 0.3 is 16.1 Å². The number of nitrogens with zero attached hydrogens (tertiary/aromatic N) is 1. The Labute approximate surface area is 198 Å². The molecule has 34 heavy (non-hydrogen) atoms. The number of aliphatic hydroxyl groups excluding tert-OH is 1. The second kappa shape index (κ2) is 10.7. The first-order chi connectivity index (χ1) is 16.0. The van der Waals surface area contributed by atoms with E-state index in [9.17, 15) is 26.7 Å². The molecule has 0 spiro atoms. The quantitative estimate of drug-likeness (QED) is 0.359. The third-order valence-electron chi connectivity index (χ3n) is 5.27. The average Bonchev–Trinajstić information content (AvgIpc) is 2.78. The van der Waals surface area contributed by atoms with Gasteiger partial charge in [-0.25, -0.2) is 8.42 Å². The highest BCUT2D eigenvalue weighted by Gasteiger charge is 2.36. The third kappa shape index (κ3) is 6.06. The highest BCUT2D eigenvalue weighted by molar-refractivity contribution is 7.91. The molecule has 0 aliphatic carbocycles. The van der Waals surface area contributed by atoms with Crippen LogP contribution in [0.1, 0.15) is 24.8 Å². The number of carboxylic acids is 1. The number of carboxylic acid groups (broad SMARTS) is 1. The van der Waals surface area contributed by atoms with Gasteiger partial charge in [0.1, 0.15) is 21.3 Å². The first kappa shape index (κ1) is 25.9. The van der Waals surface area contributed by atoms with E-state index in [1.54, 1.807) is 13.0 Å². The van der Waals surface area contributed by atoms with Crippen molar-refractivity contribution in [3.8, 4) is 11.5 Å². The first-order valence-corrected chi connectivity index (χ1v) is 13.5. The van der Waals surface area contributed by atoms with E-state index in [0.717, 1.165) is 16.4 Å². The van der Waals surface area contributed by atoms with Gasteiger partial charge in [-0.1, -0.05) is 12.1 Å². The summed E-state index contributed by atoms with van der Waals surface area (Å²) in [6, 6.07) is 9.57. The maximum absolute atomic E-state index is 13.3. The molecule has 186 valence electrons. The van der Waals surface area contributed by atoms with Crippen LogP contribution in [0.15, 0.2) is 52.3 Å². The number of benzene rings is 2. The van der Waals surface area contributed by atoms with Crippen molar-refractivity contribution >= 4 is 26.1 Å². The molecule has 1 fully saturated rings. The fourth-order valence-electron chi connectivity index (χ4n) is 3.64. The third-order valence-corrected chi connectivity index (χ3v) is 8.63. The number of hydrogen-bond acceptors (Lipinski definition) is 8. The highest BCUT2D eigenvalue weighted by atomic mass is 32.2. The summed E-state index contributed by atoms with van der Waals surface area (Å²) in [5, 5.41) is 18.2. The van der Waals surface area contributed by atoms with Gasteiger partial charge in [0.05, 0.1) is 12.5 Å². The Kier molecular flexibility index (Phi) is 8.18. The summed E-state index contributed by atoms with van der Waals surface area (Å²) in [6.45, 7) is 1.73. The number of sulfonamides is 1. The van der Waals surface area contributed by atoms with Crippen LogP contribution in [-0.4, -0.2) is 63.6 Å². The van der Waals surface area contributed by atoms with Crippen LogP contribution >= 0.6 is 0 Å². The van der Waals surface area contributed by atoms with Crippen LogP contribution < -0.4 is 8.92 Å². The van der Waals surface area contributed by atoms with Gasteiger partial charge in [0.25, 0.3) is 0 Å². The van der Waals surface area contributed by atoms with Crippen molar-refractivity contribution in [3.05, 3.63) is 48.0 Å². The fourth-order valence-corrected chi connectivity index (χ4v) is 6.86. The molecule has 1 saturated heterocycles. The molecule has 10 nitrogen and oxygen atoms in total. The van der Waals surface area contributed by atoms with Crippen molar-refractivity contribution in [3.63, 3.8) is 0 Å². The van der Waals surface area contributed by atoms with Gasteiger partial charge in [-0.05, 0) is 49.6 Å². The molecule has 1 atom stereocenters. The molecule has 2 aromatic rings. The molecular formula is C22H27NO9S2. The number of aliphatic carboxylic acids is 1. The molecule has 1 aliphatic rings. The second-order valence-corrected chi connectivity index (χ2v) is 11.4. The molecule has 2 N–H and O–H groups in total. The predicted molar refractivity (Wildman–Crippen MR) is 122 cm³/mol. The number of rotatable bonds is 10. The summed E-state index contributed by atoms with van der Waals surface area (Å²) < 4.78 is 64.6. The lowest BCUT2D eigenvalue weighted by Crippen LogP contribution is -2.42. The van der Waals surface area contributed by atoms with Crippen LogP contribution in [0.4, 0.5) is 0 Å². The Morgan fingerprint density at radius 3 is 2.44 bits per heavy atom. The molecule has 2 aromatic carbocycles. The largest absolute Gasteiger partial charge is 0.493 e. The van der Waals surface area contributed by atoms with Gasteiger partial charge in [-0.15, -0.1) is 0 Å². The van der Waals surface area contributed by atoms with Crippen molar-refractivity contribution in [2.75, 3.05) is 26.3 Å². The van der Waals surface area contributed by atoms with Gasteiger partial charge in [0.2, 0.25) is 10.0 Å². The Morgan fingerprint density at radius 2 is 1.76 bits per heavy atom. The lowest BCUT2D eigenvalue weighted by Gasteiger charge is -2.30. The van der Waals surface area contributed by atoms with Crippen molar-refractivity contribution in [1.29, 1.82) is 0 Å². The number of ether oxygens (including phenoxy) is 1. The van der Waals surface area contributed by atoms with Crippen molar-refractivity contribution in [1.82, 2.24) is 4.31 Å². The van der Waals surface area contributed by atoms with Gasteiger partial charge in [0.15, 0.2) is 0 Å². The van der Waals surface area contributed by atoms with Gasteiger partial charge in [-0.2, -0.15) is 12.7 Å². The van der Waals surface area contributed by atoms with E-state index < -0.39 is 41.8 Å². The molecule has 0 radical (unpaired) electrons. The van der Waals surface area contributed by atoms with Crippen LogP contribution in [0, 0.1) is 12.8 Å². The van der Waals surface area contributed by atoms with E-state index >= 15 is 0 Å². The minimum absolute atomic E-state index is 0.0565. The molecule has 0 amide bonds. The van der Waals surface area contributed by atoms with Gasteiger partial charge in [0, 0.05) is 32.2 Å². The lowest BCUT2D eigenvalue weighted by atomic mass is 10.0. The van der Waals surface area contributed by atoms with Crippen molar-refractivity contribution < 1.29 is 40.8 Å². The van der Waals surface area contributed by atoms with Crippen LogP contribution in [0.3, 0.4) is 0 Å². The summed E-state index contributed by atoms with van der Waals surface area (Å²) in [6.07, 6.45) is 1.09. The summed E-state index contributed by atoms with van der Waals surface area (Å²) in [7, 11) is -8.88. The Bertz CT molecular complexity index is 1240. The summed E-state index contributed by atoms with van der Waals surface area (Å²) in [5.74, 6) is -1.68. The topological polar surface area (TPSA) is 148 Å². The monoisotopic (exact) mass is 513 g/mol. The van der Waals surface area contributed by atoms with E-state index in [-0.39, 0.29) is 32.1 Å². The minimum Gasteiger partial charge on any atom is -0.493 e. The second-order valence-electron chi connectivity index (χ2n) is 7.93. The molecule has 0 bridgehead atoms. The van der Waals surface area contributed by atoms with E-state index in [1.807, 2.05) is 0 Å². The fraction of sp³-hybridized carbons (Fsp3) is 0.409. The van der Waals surface area contributed by atoms with Gasteiger partial charge < -0.3 is 19.1 Å². The molecule has 1 aliphatic heterocycles. The minimum atomic E-state index is -4.57. The number of aliphatic hydroxyl groups is 1. The van der Waals surface area contributed by atoms with Crippen LogP contribution in [0.2, 0.25) is 0 Å². The molecule has 0 aromatic heterocycles. The molecule has 0 saturated carbocycles. The van der Waals surface area contributed by atoms with Crippen molar-refractivity contribution in [2.24, 2.45) is 5.92 Å². The zero-order valence-corrected chi connectivity index (χ0v) is 20.2. The van der Waals surface area contributed by atoms with Gasteiger partial charge in [-0.3, -0.25) is 4.79 Å². The van der Waals surface area contributed by atoms with E-state index in [0.29, 0.717) is 30.6 Å². The summed E-state index contributed by atoms with van der Waals surface area (Å²) in [4.78, 5) is 10.3. The average molecular weight is 514 g/mol. The molecule has 1 heterocycles. The lowest BCUT2D eigenvalue weighted by molar-refractivity contribution is -0.142. The Hall–Kier alpha value is -2.67. The smallest absolute Gasteiger partial charge is 0.340 e. The van der Waals surface area contributed by atoms with E-state index in [2.05, 4.69) is 0 Å². The number of piperidine rings is 1. The van der Waals surface area contributed by atoms with Crippen LogP contribution in [-0.2, 0) is 24.9 Å². The SMILES string of the molecule is Cc1cc(OCCCO)cc(OS(=O)(=O)c2ccccc2S(=O)(=O)N2CCCC(C(=O)O)C2)c1.